The molecule has 0 heterocycles. The van der Waals surface area contributed by atoms with Crippen LogP contribution in [0.2, 0.25) is 0 Å². The minimum Gasteiger partial charge on any atom is -0.491 e. The van der Waals surface area contributed by atoms with E-state index in [0.29, 0.717) is 106 Å². The van der Waals surface area contributed by atoms with Crippen LogP contribution in [0.5, 0.6) is 5.75 Å². The van der Waals surface area contributed by atoms with E-state index in [1.165, 1.54) is 50.5 Å². The van der Waals surface area contributed by atoms with Crippen LogP contribution in [0.3, 0.4) is 0 Å². The van der Waals surface area contributed by atoms with Gasteiger partial charge in [0.15, 0.2) is 0 Å². The minimum absolute atomic E-state index is 0.0619. The maximum absolute atomic E-state index is 10.9. The molecule has 0 aromatic heterocycles. The Morgan fingerprint density at radius 3 is 1.19 bits per heavy atom. The monoisotopic (exact) mass is 732 g/mol. The van der Waals surface area contributed by atoms with Crippen LogP contribution >= 0.6 is 28.6 Å². The van der Waals surface area contributed by atoms with E-state index in [1.54, 1.807) is 0 Å². The second-order valence-corrected chi connectivity index (χ2v) is 14.8. The summed E-state index contributed by atoms with van der Waals surface area (Å²) in [4.78, 5) is 0. The zero-order valence-electron chi connectivity index (χ0n) is 28.4. The Kier molecular flexibility index (Phi) is 32.1. The third-order valence-electron chi connectivity index (χ3n) is 6.56. The van der Waals surface area contributed by atoms with Crippen LogP contribution < -0.4 is 4.74 Å². The van der Waals surface area contributed by atoms with Crippen LogP contribution in [-0.2, 0) is 53.4 Å². The van der Waals surface area contributed by atoms with Gasteiger partial charge in [0.2, 0.25) is 0 Å². The zero-order chi connectivity index (χ0) is 33.9. The van der Waals surface area contributed by atoms with Crippen LogP contribution in [0.15, 0.2) is 24.3 Å². The van der Waals surface area contributed by atoms with E-state index >= 15 is 0 Å². The van der Waals surface area contributed by atoms with Gasteiger partial charge in [-0.1, -0.05) is 57.6 Å². The molecule has 0 fully saturated rings. The summed E-state index contributed by atoms with van der Waals surface area (Å²) in [7, 11) is 0. The molecule has 11 nitrogen and oxygen atoms in total. The standard InChI is InChI=1S/C33H59Cl2O11P/c1-2-3-4-5-6-7-8-9-32-10-12-33(13-11-32)45-30-28-43-26-24-41-22-20-39-18-16-37-14-15-38-17-19-40-21-23-42-25-27-44-29-31-46-47(34,35)36/h10-13H,2-9,14-31H2,1H3. The van der Waals surface area contributed by atoms with E-state index in [0.717, 1.165) is 12.2 Å². The third-order valence-corrected chi connectivity index (χ3v) is 7.63. The summed E-state index contributed by atoms with van der Waals surface area (Å²) in [6.07, 6.45) is 7.00. The molecule has 0 amide bonds. The van der Waals surface area contributed by atoms with E-state index in [-0.39, 0.29) is 13.2 Å². The van der Waals surface area contributed by atoms with Crippen LogP contribution in [0.25, 0.3) is 0 Å². The van der Waals surface area contributed by atoms with E-state index in [4.69, 9.17) is 65.1 Å². The van der Waals surface area contributed by atoms with Gasteiger partial charge in [0, 0.05) is 0 Å². The summed E-state index contributed by atoms with van der Waals surface area (Å²) in [6, 6.07) is 8.43. The van der Waals surface area contributed by atoms with Gasteiger partial charge in [-0.15, -0.1) is 0 Å². The Morgan fingerprint density at radius 2 is 0.809 bits per heavy atom. The van der Waals surface area contributed by atoms with Gasteiger partial charge in [-0.05, 0) is 53.0 Å². The molecule has 0 radical (unpaired) electrons. The Balaban J connectivity index is 1.72. The highest BCUT2D eigenvalue weighted by Crippen LogP contribution is 2.57. The van der Waals surface area contributed by atoms with Crippen molar-refractivity contribution in [2.45, 2.75) is 58.3 Å². The molecule has 0 bridgehead atoms. The zero-order valence-corrected chi connectivity index (χ0v) is 30.8. The SMILES string of the molecule is CCCCCCCCCc1ccc(OCCOCCOCCOCCOCCOCCOCCOCCOCCOP(=O)(Cl)Cl)cc1. The third kappa shape index (κ3) is 33.7. The molecule has 1 aromatic carbocycles. The van der Waals surface area contributed by atoms with Gasteiger partial charge in [0.1, 0.15) is 12.4 Å². The predicted molar refractivity (Wildman–Crippen MR) is 185 cm³/mol. The Bertz CT molecular complexity index is 833. The molecule has 1 aromatic rings. The van der Waals surface area contributed by atoms with Gasteiger partial charge in [0.05, 0.1) is 112 Å². The first-order valence-electron chi connectivity index (χ1n) is 17.0. The number of hydrogen-bond acceptors (Lipinski definition) is 11. The molecule has 0 aliphatic heterocycles. The van der Waals surface area contributed by atoms with Gasteiger partial charge >= 0.3 is 6.07 Å². The largest absolute Gasteiger partial charge is 0.491 e. The second-order valence-electron chi connectivity index (χ2n) is 10.5. The molecule has 47 heavy (non-hydrogen) atoms. The Hall–Kier alpha value is -0.530. The van der Waals surface area contributed by atoms with Crippen LogP contribution in [0, 0.1) is 0 Å². The molecule has 14 heteroatoms. The van der Waals surface area contributed by atoms with E-state index in [9.17, 15) is 4.57 Å². The lowest BCUT2D eigenvalue weighted by Gasteiger charge is -2.09. The lowest BCUT2D eigenvalue weighted by atomic mass is 10.0. The fraction of sp³-hybridized carbons (Fsp3) is 0.818. The van der Waals surface area contributed by atoms with E-state index in [2.05, 4.69) is 23.6 Å². The lowest BCUT2D eigenvalue weighted by Crippen LogP contribution is -2.15. The average molecular weight is 734 g/mol. The van der Waals surface area contributed by atoms with Crippen LogP contribution in [-0.4, -0.2) is 119 Å². The molecule has 0 spiro atoms. The normalized spacial score (nSPS) is 11.8. The molecule has 0 saturated heterocycles. The highest BCUT2D eigenvalue weighted by molar-refractivity contribution is 8.05. The van der Waals surface area contributed by atoms with Crippen molar-refractivity contribution >= 4 is 28.6 Å². The molecule has 0 atom stereocenters. The van der Waals surface area contributed by atoms with Crippen molar-refractivity contribution < 1.29 is 51.7 Å². The predicted octanol–water partition coefficient (Wildman–Crippen LogP) is 7.09. The van der Waals surface area contributed by atoms with Crippen LogP contribution in [0.4, 0.5) is 0 Å². The first kappa shape index (κ1) is 44.5. The van der Waals surface area contributed by atoms with Gasteiger partial charge in [0.25, 0.3) is 0 Å². The van der Waals surface area contributed by atoms with Gasteiger partial charge in [-0.3, -0.25) is 4.57 Å². The fourth-order valence-corrected chi connectivity index (χ4v) is 4.80. The number of rotatable bonds is 37. The maximum atomic E-state index is 10.9. The fourth-order valence-electron chi connectivity index (χ4n) is 4.10. The first-order valence-corrected chi connectivity index (χ1v) is 20.4. The smallest absolute Gasteiger partial charge is 0.380 e. The van der Waals surface area contributed by atoms with Crippen molar-refractivity contribution in [3.8, 4) is 5.75 Å². The minimum atomic E-state index is -3.49. The molecular weight excluding hydrogens is 674 g/mol. The van der Waals surface area contributed by atoms with Crippen molar-refractivity contribution in [1.29, 1.82) is 0 Å². The topological polar surface area (TPSA) is 109 Å². The lowest BCUT2D eigenvalue weighted by molar-refractivity contribution is -0.0240. The van der Waals surface area contributed by atoms with Gasteiger partial charge in [-0.25, -0.2) is 0 Å². The summed E-state index contributed by atoms with van der Waals surface area (Å²) in [5, 5.41) is 0. The summed E-state index contributed by atoms with van der Waals surface area (Å²) < 4.78 is 64.9. The number of ether oxygens (including phenoxy) is 9. The molecular formula is C33H59Cl2O11P. The summed E-state index contributed by atoms with van der Waals surface area (Å²) >= 11 is 10.5. The summed E-state index contributed by atoms with van der Waals surface area (Å²) in [5.41, 5.74) is 1.38. The highest BCUT2D eigenvalue weighted by atomic mass is 35.9. The van der Waals surface area contributed by atoms with Gasteiger partial charge in [-0.2, -0.15) is 0 Å². The molecule has 1 rings (SSSR count). The van der Waals surface area contributed by atoms with Crippen molar-refractivity contribution in [3.63, 3.8) is 0 Å². The number of halogens is 2. The second kappa shape index (κ2) is 33.9. The number of aryl methyl sites for hydroxylation is 1. The van der Waals surface area contributed by atoms with Gasteiger partial charge < -0.3 is 47.2 Å². The average Bonchev–Trinajstić information content (AvgIpc) is 3.05. The molecule has 0 aliphatic rings. The summed E-state index contributed by atoms with van der Waals surface area (Å²) in [6.45, 7) is 10.3. The number of unbranched alkanes of at least 4 members (excludes halogenated alkanes) is 6. The highest BCUT2D eigenvalue weighted by Gasteiger charge is 2.13. The first-order chi connectivity index (χ1) is 23.0. The van der Waals surface area contributed by atoms with Crippen molar-refractivity contribution in [3.05, 3.63) is 29.8 Å². The Labute approximate surface area is 292 Å². The quantitative estimate of drug-likeness (QED) is 0.0517. The molecule has 0 unspecified atom stereocenters. The van der Waals surface area contributed by atoms with Crippen molar-refractivity contribution in [1.82, 2.24) is 0 Å². The van der Waals surface area contributed by atoms with Crippen LogP contribution in [0.1, 0.15) is 57.4 Å². The summed E-state index contributed by atoms with van der Waals surface area (Å²) in [5.74, 6) is 0.881. The Morgan fingerprint density at radius 1 is 0.468 bits per heavy atom. The molecule has 0 aliphatic carbocycles. The maximum Gasteiger partial charge on any atom is 0.380 e. The van der Waals surface area contributed by atoms with Crippen molar-refractivity contribution in [2.75, 3.05) is 119 Å². The van der Waals surface area contributed by atoms with E-state index < -0.39 is 6.07 Å². The molecule has 0 N–H and O–H groups in total. The van der Waals surface area contributed by atoms with Crippen molar-refractivity contribution in [2.24, 2.45) is 0 Å². The number of hydrogen-bond donors (Lipinski definition) is 0. The van der Waals surface area contributed by atoms with E-state index in [1.807, 2.05) is 12.1 Å². The molecule has 276 valence electrons. The number of benzene rings is 1. The molecule has 0 saturated carbocycles.